The van der Waals surface area contributed by atoms with Crippen LogP contribution in [0.3, 0.4) is 0 Å². The molecule has 1 aliphatic rings. The first kappa shape index (κ1) is 23.9. The van der Waals surface area contributed by atoms with Gasteiger partial charge in [0.1, 0.15) is 0 Å². The van der Waals surface area contributed by atoms with E-state index in [0.29, 0.717) is 11.4 Å². The Morgan fingerprint density at radius 3 is 2.32 bits per heavy atom. The van der Waals surface area contributed by atoms with Crippen molar-refractivity contribution in [3.63, 3.8) is 0 Å². The van der Waals surface area contributed by atoms with Crippen LogP contribution in [0.4, 0.5) is 11.4 Å². The molecular formula is C26H30N4O3S. The molecule has 1 amide bonds. The quantitative estimate of drug-likeness (QED) is 0.540. The summed E-state index contributed by atoms with van der Waals surface area (Å²) in [5.41, 5.74) is 3.59. The van der Waals surface area contributed by atoms with Gasteiger partial charge in [-0.15, -0.1) is 0 Å². The number of rotatable bonds is 7. The van der Waals surface area contributed by atoms with Crippen LogP contribution in [0, 0.1) is 6.92 Å². The average Bonchev–Trinajstić information content (AvgIpc) is 2.82. The first-order chi connectivity index (χ1) is 16.3. The van der Waals surface area contributed by atoms with Crippen molar-refractivity contribution in [3.05, 3.63) is 89.5 Å². The zero-order valence-electron chi connectivity index (χ0n) is 19.5. The van der Waals surface area contributed by atoms with Crippen LogP contribution in [0.25, 0.3) is 0 Å². The highest BCUT2D eigenvalue weighted by atomic mass is 32.2. The van der Waals surface area contributed by atoms with E-state index in [2.05, 4.69) is 33.0 Å². The number of aryl methyl sites for hydroxylation is 1. The third kappa shape index (κ3) is 6.22. The molecule has 2 N–H and O–H groups in total. The van der Waals surface area contributed by atoms with Gasteiger partial charge in [-0.2, -0.15) is 0 Å². The van der Waals surface area contributed by atoms with Crippen molar-refractivity contribution in [1.82, 2.24) is 9.80 Å². The number of nitrogens with one attached hydrogen (secondary N) is 2. The Balaban J connectivity index is 1.43. The van der Waals surface area contributed by atoms with Gasteiger partial charge in [-0.25, -0.2) is 8.42 Å². The van der Waals surface area contributed by atoms with E-state index in [4.69, 9.17) is 0 Å². The lowest BCUT2D eigenvalue weighted by atomic mass is 10.1. The van der Waals surface area contributed by atoms with Crippen molar-refractivity contribution in [2.75, 3.05) is 43.3 Å². The van der Waals surface area contributed by atoms with Gasteiger partial charge in [0.15, 0.2) is 0 Å². The zero-order chi connectivity index (χ0) is 24.1. The van der Waals surface area contributed by atoms with Gasteiger partial charge in [0.2, 0.25) is 0 Å². The van der Waals surface area contributed by atoms with E-state index in [-0.39, 0.29) is 16.4 Å². The highest BCUT2D eigenvalue weighted by molar-refractivity contribution is 7.92. The van der Waals surface area contributed by atoms with Crippen LogP contribution in [-0.4, -0.2) is 57.4 Å². The number of carbonyl (C=O) groups is 1. The van der Waals surface area contributed by atoms with E-state index >= 15 is 0 Å². The predicted octanol–water partition coefficient (Wildman–Crippen LogP) is 3.80. The summed E-state index contributed by atoms with van der Waals surface area (Å²) in [7, 11) is -1.69. The Morgan fingerprint density at radius 1 is 0.882 bits per heavy atom. The van der Waals surface area contributed by atoms with E-state index < -0.39 is 10.0 Å². The maximum absolute atomic E-state index is 12.9. The number of hydrogen-bond acceptors (Lipinski definition) is 5. The lowest BCUT2D eigenvalue weighted by Crippen LogP contribution is -2.43. The number of carbonyl (C=O) groups excluding carboxylic acids is 1. The molecule has 0 unspecified atom stereocenters. The Labute approximate surface area is 201 Å². The molecule has 7 nitrogen and oxygen atoms in total. The summed E-state index contributed by atoms with van der Waals surface area (Å²) in [5.74, 6) is -0.357. The normalized spacial score (nSPS) is 15.1. The highest BCUT2D eigenvalue weighted by Crippen LogP contribution is 2.19. The number of hydrogen-bond donors (Lipinski definition) is 2. The molecule has 0 bridgehead atoms. The first-order valence-corrected chi connectivity index (χ1v) is 12.8. The van der Waals surface area contributed by atoms with Crippen molar-refractivity contribution in [1.29, 1.82) is 0 Å². The van der Waals surface area contributed by atoms with Crippen molar-refractivity contribution in [3.8, 4) is 0 Å². The minimum atomic E-state index is -3.82. The third-order valence-corrected chi connectivity index (χ3v) is 7.28. The predicted molar refractivity (Wildman–Crippen MR) is 136 cm³/mol. The second kappa shape index (κ2) is 10.4. The molecule has 1 heterocycles. The van der Waals surface area contributed by atoms with Gasteiger partial charge in [0, 0.05) is 49.7 Å². The van der Waals surface area contributed by atoms with Gasteiger partial charge in [-0.1, -0.05) is 35.9 Å². The molecule has 1 aliphatic heterocycles. The summed E-state index contributed by atoms with van der Waals surface area (Å²) in [6.07, 6.45) is 0. The molecule has 1 fully saturated rings. The Morgan fingerprint density at radius 2 is 1.59 bits per heavy atom. The zero-order valence-corrected chi connectivity index (χ0v) is 20.3. The van der Waals surface area contributed by atoms with Crippen molar-refractivity contribution >= 4 is 27.3 Å². The van der Waals surface area contributed by atoms with E-state index in [1.807, 2.05) is 37.3 Å². The number of amides is 1. The van der Waals surface area contributed by atoms with Gasteiger partial charge in [0.05, 0.1) is 4.90 Å². The smallest absolute Gasteiger partial charge is 0.261 e. The number of anilines is 2. The Hall–Kier alpha value is -3.20. The lowest BCUT2D eigenvalue weighted by Gasteiger charge is -2.32. The van der Waals surface area contributed by atoms with Gasteiger partial charge in [-0.3, -0.25) is 14.4 Å². The molecule has 0 spiro atoms. The molecule has 3 aromatic carbocycles. The topological polar surface area (TPSA) is 81.7 Å². The van der Waals surface area contributed by atoms with Crippen LogP contribution in [0.1, 0.15) is 21.5 Å². The Bertz CT molecular complexity index is 1250. The molecule has 34 heavy (non-hydrogen) atoms. The fraction of sp³-hybridized carbons (Fsp3) is 0.269. The van der Waals surface area contributed by atoms with E-state index in [1.165, 1.54) is 12.1 Å². The van der Waals surface area contributed by atoms with Crippen LogP contribution >= 0.6 is 0 Å². The molecule has 0 saturated carbocycles. The molecule has 8 heteroatoms. The number of likely N-dealkylation sites (N-methyl/N-ethyl adjacent to an activating group) is 1. The molecule has 1 saturated heterocycles. The van der Waals surface area contributed by atoms with E-state index in [0.717, 1.165) is 43.9 Å². The molecule has 0 atom stereocenters. The summed E-state index contributed by atoms with van der Waals surface area (Å²) in [6, 6.07) is 20.9. The fourth-order valence-electron chi connectivity index (χ4n) is 3.86. The maximum atomic E-state index is 12.9. The van der Waals surface area contributed by atoms with Crippen molar-refractivity contribution < 1.29 is 13.2 Å². The largest absolute Gasteiger partial charge is 0.322 e. The molecule has 0 radical (unpaired) electrons. The minimum absolute atomic E-state index is 0.0320. The second-order valence-corrected chi connectivity index (χ2v) is 10.4. The van der Waals surface area contributed by atoms with Crippen LogP contribution in [-0.2, 0) is 16.6 Å². The SMILES string of the molecule is Cc1ccc(NS(=O)(=O)c2cccc(C(=O)Nc3cccc(CN4CCN(C)CC4)c3)c2)cc1. The molecule has 0 aliphatic carbocycles. The first-order valence-electron chi connectivity index (χ1n) is 11.3. The van der Waals surface area contributed by atoms with Crippen LogP contribution in [0.5, 0.6) is 0 Å². The van der Waals surface area contributed by atoms with Gasteiger partial charge < -0.3 is 10.2 Å². The number of nitrogens with zero attached hydrogens (tertiary/aromatic N) is 2. The summed E-state index contributed by atoms with van der Waals surface area (Å²) in [4.78, 5) is 17.6. The molecule has 0 aromatic heterocycles. The molecule has 4 rings (SSSR count). The fourth-order valence-corrected chi connectivity index (χ4v) is 4.96. The van der Waals surface area contributed by atoms with Crippen LogP contribution in [0.15, 0.2) is 77.7 Å². The summed E-state index contributed by atoms with van der Waals surface area (Å²) in [6.45, 7) is 6.90. The van der Waals surface area contributed by atoms with E-state index in [9.17, 15) is 13.2 Å². The Kier molecular flexibility index (Phi) is 7.31. The number of sulfonamides is 1. The second-order valence-electron chi connectivity index (χ2n) is 8.73. The monoisotopic (exact) mass is 478 g/mol. The molecular weight excluding hydrogens is 448 g/mol. The van der Waals surface area contributed by atoms with Crippen molar-refractivity contribution in [2.45, 2.75) is 18.4 Å². The minimum Gasteiger partial charge on any atom is -0.322 e. The average molecular weight is 479 g/mol. The van der Waals surface area contributed by atoms with Crippen LogP contribution in [0.2, 0.25) is 0 Å². The van der Waals surface area contributed by atoms with Crippen LogP contribution < -0.4 is 10.0 Å². The molecule has 3 aromatic rings. The standard InChI is InChI=1S/C26H30N4O3S/c1-20-9-11-23(12-10-20)28-34(32,33)25-8-4-6-22(18-25)26(31)27-24-7-3-5-21(17-24)19-30-15-13-29(2)14-16-30/h3-12,17-18,28H,13-16,19H2,1-2H3,(H,27,31). The third-order valence-electron chi connectivity index (χ3n) is 5.90. The van der Waals surface area contributed by atoms with Crippen molar-refractivity contribution in [2.24, 2.45) is 0 Å². The van der Waals surface area contributed by atoms with E-state index in [1.54, 1.807) is 24.3 Å². The number of piperazine rings is 1. The van der Waals surface area contributed by atoms with Gasteiger partial charge in [-0.05, 0) is 62.0 Å². The summed E-state index contributed by atoms with van der Waals surface area (Å²) in [5, 5.41) is 2.90. The van der Waals surface area contributed by atoms with Gasteiger partial charge in [0.25, 0.3) is 15.9 Å². The maximum Gasteiger partial charge on any atom is 0.261 e. The molecule has 178 valence electrons. The van der Waals surface area contributed by atoms with Gasteiger partial charge >= 0.3 is 0 Å². The summed E-state index contributed by atoms with van der Waals surface area (Å²) >= 11 is 0. The highest BCUT2D eigenvalue weighted by Gasteiger charge is 2.17. The number of benzene rings is 3. The summed E-state index contributed by atoms with van der Waals surface area (Å²) < 4.78 is 28.2. The lowest BCUT2D eigenvalue weighted by molar-refractivity contribution is 0.102.